The Bertz CT molecular complexity index is 1370. The third-order valence-electron chi connectivity index (χ3n) is 6.89. The summed E-state index contributed by atoms with van der Waals surface area (Å²) in [5.41, 5.74) is 5.79. The van der Waals surface area contributed by atoms with E-state index in [2.05, 4.69) is 5.32 Å². The number of benzene rings is 2. The highest BCUT2D eigenvalue weighted by molar-refractivity contribution is 8.02. The van der Waals surface area contributed by atoms with Crippen LogP contribution in [0.4, 0.5) is 0 Å². The Labute approximate surface area is 241 Å². The number of nitrogens with two attached hydrogens (primary N) is 1. The van der Waals surface area contributed by atoms with E-state index in [0.29, 0.717) is 4.99 Å². The van der Waals surface area contributed by atoms with E-state index in [-0.39, 0.29) is 35.0 Å². The van der Waals surface area contributed by atoms with Gasteiger partial charge in [-0.2, -0.15) is 0 Å². The van der Waals surface area contributed by atoms with E-state index < -0.39 is 40.3 Å². The molecule has 2 aliphatic heterocycles. The SMILES string of the molecule is CC(=O)Oc1ccc(C(N)C(=O)N[C@@]2(C(=O)OCc3ccccc3)N3C(=S)[C@@H](C)[C@H]3SC2(C)C)cc1OC(C)=O. The zero-order valence-corrected chi connectivity index (χ0v) is 24.4. The Morgan fingerprint density at radius 3 is 2.30 bits per heavy atom. The zero-order valence-electron chi connectivity index (χ0n) is 22.8. The van der Waals surface area contributed by atoms with Crippen molar-refractivity contribution in [3.8, 4) is 11.5 Å². The molecule has 4 atom stereocenters. The van der Waals surface area contributed by atoms with Gasteiger partial charge in [-0.1, -0.05) is 55.5 Å². The van der Waals surface area contributed by atoms with Gasteiger partial charge in [-0.3, -0.25) is 14.4 Å². The number of nitrogens with one attached hydrogen (secondary N) is 1. The molecule has 0 spiro atoms. The van der Waals surface area contributed by atoms with Gasteiger partial charge in [-0.05, 0) is 37.1 Å². The smallest absolute Gasteiger partial charge is 0.355 e. The summed E-state index contributed by atoms with van der Waals surface area (Å²) in [4.78, 5) is 53.0. The van der Waals surface area contributed by atoms with Crippen LogP contribution in [0.3, 0.4) is 0 Å². The monoisotopic (exact) mass is 585 g/mol. The van der Waals surface area contributed by atoms with Crippen LogP contribution in [0.25, 0.3) is 0 Å². The van der Waals surface area contributed by atoms with Gasteiger partial charge in [-0.15, -0.1) is 11.8 Å². The summed E-state index contributed by atoms with van der Waals surface area (Å²) >= 11 is 7.17. The Morgan fingerprint density at radius 2 is 1.68 bits per heavy atom. The van der Waals surface area contributed by atoms with E-state index in [4.69, 9.17) is 32.2 Å². The van der Waals surface area contributed by atoms with E-state index in [1.54, 1.807) is 4.90 Å². The number of fused-ring (bicyclic) bond motifs is 1. The van der Waals surface area contributed by atoms with Gasteiger partial charge in [0.05, 0.1) is 15.1 Å². The fourth-order valence-electron chi connectivity index (χ4n) is 4.83. The number of thioether (sulfide) groups is 1. The lowest BCUT2D eigenvalue weighted by Gasteiger charge is -2.52. The second-order valence-corrected chi connectivity index (χ2v) is 12.3. The molecule has 0 radical (unpaired) electrons. The van der Waals surface area contributed by atoms with Crippen molar-refractivity contribution in [3.05, 3.63) is 59.7 Å². The average molecular weight is 586 g/mol. The Kier molecular flexibility index (Phi) is 8.25. The molecule has 2 aromatic carbocycles. The average Bonchev–Trinajstić information content (AvgIpc) is 3.12. The van der Waals surface area contributed by atoms with Crippen molar-refractivity contribution in [1.29, 1.82) is 0 Å². The first-order chi connectivity index (χ1) is 18.8. The molecule has 1 unspecified atom stereocenters. The van der Waals surface area contributed by atoms with Crippen LogP contribution in [0.2, 0.25) is 0 Å². The lowest BCUT2D eigenvalue weighted by Crippen LogP contribution is -2.77. The maximum absolute atomic E-state index is 13.9. The second kappa shape index (κ2) is 11.2. The molecule has 212 valence electrons. The van der Waals surface area contributed by atoms with E-state index in [9.17, 15) is 19.2 Å². The fourth-order valence-corrected chi connectivity index (χ4v) is 7.08. The van der Waals surface area contributed by atoms with Crippen molar-refractivity contribution in [2.24, 2.45) is 11.7 Å². The first-order valence-electron chi connectivity index (χ1n) is 12.6. The van der Waals surface area contributed by atoms with Crippen molar-refractivity contribution in [1.82, 2.24) is 10.2 Å². The van der Waals surface area contributed by atoms with Gasteiger partial charge in [-0.25, -0.2) is 4.79 Å². The number of ether oxygens (including phenoxy) is 3. The molecule has 2 aliphatic rings. The summed E-state index contributed by atoms with van der Waals surface area (Å²) in [5, 5.41) is 2.76. The topological polar surface area (TPSA) is 137 Å². The van der Waals surface area contributed by atoms with Crippen LogP contribution >= 0.6 is 24.0 Å². The number of amides is 1. The number of hydrogen-bond acceptors (Lipinski definition) is 10. The van der Waals surface area contributed by atoms with E-state index >= 15 is 0 Å². The molecule has 0 saturated carbocycles. The highest BCUT2D eigenvalue weighted by Gasteiger charge is 2.71. The molecule has 2 fully saturated rings. The summed E-state index contributed by atoms with van der Waals surface area (Å²) in [7, 11) is 0. The van der Waals surface area contributed by atoms with Gasteiger partial charge in [0.15, 0.2) is 11.5 Å². The Hall–Kier alpha value is -3.48. The van der Waals surface area contributed by atoms with E-state index in [1.807, 2.05) is 51.1 Å². The first-order valence-corrected chi connectivity index (χ1v) is 13.9. The first kappa shape index (κ1) is 29.5. The van der Waals surface area contributed by atoms with Gasteiger partial charge in [0.2, 0.25) is 11.6 Å². The van der Waals surface area contributed by atoms with Crippen LogP contribution < -0.4 is 20.5 Å². The van der Waals surface area contributed by atoms with E-state index in [1.165, 1.54) is 43.8 Å². The minimum absolute atomic E-state index is 0.00361. The molecule has 12 heteroatoms. The lowest BCUT2D eigenvalue weighted by molar-refractivity contribution is -0.165. The molecule has 0 aliphatic carbocycles. The third-order valence-corrected chi connectivity index (χ3v) is 9.20. The summed E-state index contributed by atoms with van der Waals surface area (Å²) in [6, 6.07) is 12.1. The summed E-state index contributed by atoms with van der Waals surface area (Å²) in [6.07, 6.45) is 0. The van der Waals surface area contributed by atoms with Gasteiger partial charge in [0.1, 0.15) is 12.6 Å². The van der Waals surface area contributed by atoms with Crippen molar-refractivity contribution >= 4 is 52.8 Å². The quantitative estimate of drug-likeness (QED) is 0.268. The van der Waals surface area contributed by atoms with Crippen molar-refractivity contribution < 1.29 is 33.4 Å². The van der Waals surface area contributed by atoms with Crippen LogP contribution in [0, 0.1) is 5.92 Å². The molecule has 2 heterocycles. The Balaban J connectivity index is 1.66. The van der Waals surface area contributed by atoms with Gasteiger partial charge < -0.3 is 30.2 Å². The highest BCUT2D eigenvalue weighted by atomic mass is 32.2. The predicted octanol–water partition coefficient (Wildman–Crippen LogP) is 3.22. The number of rotatable bonds is 8. The predicted molar refractivity (Wildman–Crippen MR) is 152 cm³/mol. The van der Waals surface area contributed by atoms with E-state index in [0.717, 1.165) is 5.56 Å². The molecule has 2 saturated heterocycles. The Morgan fingerprint density at radius 1 is 1.05 bits per heavy atom. The molecule has 3 N–H and O–H groups in total. The second-order valence-electron chi connectivity index (χ2n) is 10.1. The molecule has 10 nitrogen and oxygen atoms in total. The maximum Gasteiger partial charge on any atom is 0.355 e. The standard InChI is InChI=1S/C28H31N3O7S2/c1-15-24(39)31-25(15)40-27(4,5)28(31,26(35)36-14-18-9-7-6-8-10-18)30-23(34)22(29)19-11-12-20(37-16(2)32)21(13-19)38-17(3)33/h6-13,15,22,25H,14,29H2,1-5H3,(H,30,34)/t15-,22?,25-,28+/m1/s1. The number of esters is 3. The molecule has 0 aromatic heterocycles. The van der Waals surface area contributed by atoms with Crippen LogP contribution in [0.5, 0.6) is 11.5 Å². The van der Waals surface area contributed by atoms with Gasteiger partial charge >= 0.3 is 17.9 Å². The normalized spacial score (nSPS) is 23.4. The van der Waals surface area contributed by atoms with Gasteiger partial charge in [0, 0.05) is 19.8 Å². The highest BCUT2D eigenvalue weighted by Crippen LogP contribution is 2.58. The van der Waals surface area contributed by atoms with Crippen LogP contribution in [0.1, 0.15) is 51.8 Å². The van der Waals surface area contributed by atoms with Crippen molar-refractivity contribution in [2.45, 2.75) is 63.1 Å². The van der Waals surface area contributed by atoms with Crippen molar-refractivity contribution in [2.75, 3.05) is 0 Å². The molecular weight excluding hydrogens is 554 g/mol. The summed E-state index contributed by atoms with van der Waals surface area (Å²) < 4.78 is 15.2. The van der Waals surface area contributed by atoms with Gasteiger partial charge in [0.25, 0.3) is 0 Å². The molecule has 40 heavy (non-hydrogen) atoms. The number of hydrogen-bond donors (Lipinski definition) is 2. The largest absolute Gasteiger partial charge is 0.458 e. The molecule has 1 amide bonds. The zero-order chi connectivity index (χ0) is 29.4. The maximum atomic E-state index is 13.9. The molecule has 0 bridgehead atoms. The van der Waals surface area contributed by atoms with Crippen LogP contribution in [-0.2, 0) is 30.5 Å². The van der Waals surface area contributed by atoms with Crippen LogP contribution in [0.15, 0.2) is 48.5 Å². The molecular formula is C28H31N3O7S2. The van der Waals surface area contributed by atoms with Crippen molar-refractivity contribution in [3.63, 3.8) is 0 Å². The minimum Gasteiger partial charge on any atom is -0.458 e. The summed E-state index contributed by atoms with van der Waals surface area (Å²) in [6.45, 7) is 8.09. The number of nitrogens with zero attached hydrogens (tertiary/aromatic N) is 1. The molecule has 4 rings (SSSR count). The fraction of sp³-hybridized carbons (Fsp3) is 0.393. The number of carbonyl (C=O) groups excluding carboxylic acids is 4. The minimum atomic E-state index is -1.63. The van der Waals surface area contributed by atoms with Crippen LogP contribution in [-0.4, -0.2) is 49.5 Å². The summed E-state index contributed by atoms with van der Waals surface area (Å²) in [5.74, 6) is -2.66. The molecule has 2 aromatic rings. The lowest BCUT2D eigenvalue weighted by atomic mass is 9.86. The third kappa shape index (κ3) is 5.30. The number of carbonyl (C=O) groups is 4. The number of thiocarbonyl (C=S) groups is 1.